The Kier molecular flexibility index (Phi) is 8.30. The summed E-state index contributed by atoms with van der Waals surface area (Å²) in [5.41, 5.74) is -0.978. The van der Waals surface area contributed by atoms with Crippen LogP contribution in [0.5, 0.6) is 11.5 Å². The van der Waals surface area contributed by atoms with Crippen LogP contribution in [0.2, 0.25) is 0 Å². The molecule has 1 aliphatic carbocycles. The summed E-state index contributed by atoms with van der Waals surface area (Å²) in [6, 6.07) is 50.0. The fourth-order valence-corrected chi connectivity index (χ4v) is 10.9. The molecule has 0 spiro atoms. The number of rotatable bonds is 5. The summed E-state index contributed by atoms with van der Waals surface area (Å²) in [5.74, 6) is -3.62. The van der Waals surface area contributed by atoms with E-state index in [0.717, 1.165) is 12.1 Å². The summed E-state index contributed by atoms with van der Waals surface area (Å²) in [6.45, 7) is 0. The van der Waals surface area contributed by atoms with E-state index in [1.807, 2.05) is 0 Å². The van der Waals surface area contributed by atoms with E-state index in [-0.39, 0.29) is 33.6 Å². The third-order valence-electron chi connectivity index (χ3n) is 8.18. The molecule has 7 heteroatoms. The average molecular weight is 625 g/mol. The van der Waals surface area contributed by atoms with Gasteiger partial charge >= 0.3 is 156 Å². The summed E-state index contributed by atoms with van der Waals surface area (Å²) in [5, 5.41) is 34.2. The van der Waals surface area contributed by atoms with Crippen molar-refractivity contribution in [2.24, 2.45) is 0 Å². The minimum absolute atomic E-state index is 0.0190. The molecule has 0 amide bonds. The molecule has 7 rings (SSSR count). The van der Waals surface area contributed by atoms with Crippen LogP contribution in [0.4, 0.5) is 0 Å². The monoisotopic (exact) mass is 624 g/mol. The summed E-state index contributed by atoms with van der Waals surface area (Å²) >= 11 is 0. The van der Waals surface area contributed by atoms with Crippen molar-refractivity contribution in [3.05, 3.63) is 179 Å². The van der Waals surface area contributed by atoms with E-state index in [1.54, 1.807) is 0 Å². The molecule has 0 aromatic heterocycles. The first-order valence-electron chi connectivity index (χ1n) is 14.6. The molecule has 0 unspecified atom stereocenters. The Balaban J connectivity index is 0.000000164. The summed E-state index contributed by atoms with van der Waals surface area (Å²) in [4.78, 5) is 35.7. The zero-order valence-electron chi connectivity index (χ0n) is 24.5. The minimum atomic E-state index is -2.30. The number of phenolic OH excluding ortho intramolecular Hbond substituents is 2. The van der Waals surface area contributed by atoms with E-state index < -0.39 is 30.5 Å². The first-order chi connectivity index (χ1) is 22.3. The number of hydrogen-bond acceptors (Lipinski definition) is 5. The molecular weight excluding hydrogens is 595 g/mol. The Morgan fingerprint density at radius 1 is 0.457 bits per heavy atom. The quantitative estimate of drug-likeness (QED) is 0.215. The van der Waals surface area contributed by atoms with E-state index in [4.69, 9.17) is 5.11 Å². The van der Waals surface area contributed by atoms with Crippen LogP contribution >= 0.6 is 7.26 Å². The van der Waals surface area contributed by atoms with E-state index in [1.165, 1.54) is 39.4 Å². The van der Waals surface area contributed by atoms with Crippen LogP contribution in [-0.2, 0) is 0 Å². The van der Waals surface area contributed by atoms with Gasteiger partial charge in [0.15, 0.2) is 5.78 Å². The summed E-state index contributed by atoms with van der Waals surface area (Å²) in [6.07, 6.45) is 0. The topological polar surface area (TPSA) is 112 Å². The normalized spacial score (nSPS) is 12.3. The number of hydrogen-bond donors (Lipinski definition) is 3. The third-order valence-corrected chi connectivity index (χ3v) is 13.0. The molecule has 0 bridgehead atoms. The molecule has 0 radical (unpaired) electrons. The number of carboxylic acids is 1. The van der Waals surface area contributed by atoms with Gasteiger partial charge in [-0.1, -0.05) is 12.1 Å². The van der Waals surface area contributed by atoms with Crippen molar-refractivity contribution in [3.63, 3.8) is 0 Å². The molecule has 46 heavy (non-hydrogen) atoms. The van der Waals surface area contributed by atoms with Gasteiger partial charge in [0.2, 0.25) is 5.78 Å². The van der Waals surface area contributed by atoms with E-state index in [9.17, 15) is 24.6 Å². The molecule has 6 aromatic carbocycles. The van der Waals surface area contributed by atoms with E-state index in [2.05, 4.69) is 121 Å². The van der Waals surface area contributed by atoms with Gasteiger partial charge in [0, 0.05) is 11.1 Å². The molecule has 0 fully saturated rings. The van der Waals surface area contributed by atoms with Crippen molar-refractivity contribution in [2.45, 2.75) is 0 Å². The zero-order valence-corrected chi connectivity index (χ0v) is 25.5. The van der Waals surface area contributed by atoms with Crippen molar-refractivity contribution in [2.75, 3.05) is 0 Å². The van der Waals surface area contributed by atoms with Crippen LogP contribution < -0.4 is 21.2 Å². The van der Waals surface area contributed by atoms with Gasteiger partial charge in [-0.25, -0.2) is 4.79 Å². The SMILES string of the molecule is O=C(O)c1cc(O)c2c(c1)C(=O)c1cccc(O)c1C2=O.c1ccc([PH](c2ccccc2)(c2ccccc2)c2ccccc2)cc1. The number of carbonyl (C=O) groups is 3. The maximum absolute atomic E-state index is 12.4. The molecule has 0 saturated heterocycles. The number of phenols is 2. The molecule has 0 heterocycles. The fraction of sp³-hybridized carbons (Fsp3) is 0. The first kappa shape index (κ1) is 30.2. The zero-order chi connectivity index (χ0) is 32.3. The van der Waals surface area contributed by atoms with Crippen molar-refractivity contribution in [1.29, 1.82) is 0 Å². The molecule has 0 aliphatic heterocycles. The van der Waals surface area contributed by atoms with Crippen LogP contribution in [0, 0.1) is 0 Å². The molecule has 226 valence electrons. The number of ketones is 2. The van der Waals surface area contributed by atoms with Crippen molar-refractivity contribution in [3.8, 4) is 11.5 Å². The predicted molar refractivity (Wildman–Crippen MR) is 183 cm³/mol. The third kappa shape index (κ3) is 5.25. The van der Waals surface area contributed by atoms with Gasteiger partial charge in [-0.2, -0.15) is 0 Å². The molecule has 0 saturated carbocycles. The Bertz CT molecular complexity index is 1900. The van der Waals surface area contributed by atoms with Gasteiger partial charge in [-0.3, -0.25) is 9.59 Å². The molecule has 1 aliphatic rings. The van der Waals surface area contributed by atoms with Crippen LogP contribution in [0.25, 0.3) is 0 Å². The predicted octanol–water partition coefficient (Wildman–Crippen LogP) is 5.61. The molecule has 6 aromatic rings. The number of aromatic hydroxyl groups is 2. The second kappa shape index (κ2) is 12.6. The van der Waals surface area contributed by atoms with Crippen molar-refractivity contribution < 1.29 is 29.7 Å². The van der Waals surface area contributed by atoms with Gasteiger partial charge < -0.3 is 15.3 Å². The molecule has 0 atom stereocenters. The van der Waals surface area contributed by atoms with Gasteiger partial charge in [0.1, 0.15) is 11.5 Å². The fourth-order valence-electron chi connectivity index (χ4n) is 6.16. The number of fused-ring (bicyclic) bond motifs is 2. The van der Waals surface area contributed by atoms with E-state index >= 15 is 0 Å². The van der Waals surface area contributed by atoms with Crippen LogP contribution in [-0.4, -0.2) is 32.9 Å². The number of carboxylic acid groups (broad SMARTS) is 1. The average Bonchev–Trinajstić information content (AvgIpc) is 3.09. The second-order valence-electron chi connectivity index (χ2n) is 10.8. The molecule has 6 nitrogen and oxygen atoms in total. The molecule has 3 N–H and O–H groups in total. The number of carbonyl (C=O) groups excluding carboxylic acids is 2. The molecular formula is C39H29O6P. The van der Waals surface area contributed by atoms with Crippen LogP contribution in [0.3, 0.4) is 0 Å². The van der Waals surface area contributed by atoms with Crippen molar-refractivity contribution in [1.82, 2.24) is 0 Å². The van der Waals surface area contributed by atoms with Gasteiger partial charge in [0.25, 0.3) is 0 Å². The second-order valence-corrected chi connectivity index (χ2v) is 14.6. The van der Waals surface area contributed by atoms with E-state index in [0.29, 0.717) is 0 Å². The Morgan fingerprint density at radius 3 is 1.28 bits per heavy atom. The Labute approximate surface area is 266 Å². The van der Waals surface area contributed by atoms with Gasteiger partial charge in [0.05, 0.1) is 16.7 Å². The Hall–Kier alpha value is -5.84. The number of aromatic carboxylic acids is 1. The maximum atomic E-state index is 12.4. The first-order valence-corrected chi connectivity index (χ1v) is 16.6. The van der Waals surface area contributed by atoms with Crippen molar-refractivity contribution >= 4 is 46.0 Å². The van der Waals surface area contributed by atoms with Crippen LogP contribution in [0.15, 0.2) is 152 Å². The Morgan fingerprint density at radius 2 is 0.870 bits per heavy atom. The standard InChI is InChI=1S/C24H21P.C15H8O6/c1-5-13-21(14-6-1)25(22-15-7-2-8-16-22,23-17-9-3-10-18-23)24-19-11-4-12-20-24;16-9-3-1-2-7-11(9)14(19)12-8(13(7)18)4-6(15(20)21)5-10(12)17/h1-20,25H;1-5,16-17H,(H,20,21). The van der Waals surface area contributed by atoms with Gasteiger partial charge in [-0.15, -0.1) is 0 Å². The van der Waals surface area contributed by atoms with Crippen LogP contribution in [0.1, 0.15) is 42.2 Å². The number of benzene rings is 6. The summed E-state index contributed by atoms with van der Waals surface area (Å²) in [7, 11) is -2.30. The van der Waals surface area contributed by atoms with Gasteiger partial charge in [-0.05, 0) is 18.2 Å². The summed E-state index contributed by atoms with van der Waals surface area (Å²) < 4.78 is 0.